The van der Waals surface area contributed by atoms with Gasteiger partial charge in [-0.3, -0.25) is 0 Å². The number of halogens is 3. The molecule has 0 saturated carbocycles. The zero-order valence-electron chi connectivity index (χ0n) is 19.8. The molecule has 0 heterocycles. The molecule has 0 atom stereocenters. The average Bonchev–Trinajstić information content (AvgIpc) is 2.72. The third-order valence-corrected chi connectivity index (χ3v) is 11.4. The summed E-state index contributed by atoms with van der Waals surface area (Å²) < 4.78 is 77.5. The lowest BCUT2D eigenvalue weighted by Gasteiger charge is -2.44. The second kappa shape index (κ2) is 13.8. The molecule has 12 heteroatoms. The molecular formula is C20H36F3NO6Si2. The lowest BCUT2D eigenvalue weighted by molar-refractivity contribution is -0.137. The molecule has 0 unspecified atom stereocenters. The molecule has 0 radical (unpaired) electrons. The normalized spacial score (nSPS) is 13.2. The molecule has 1 aromatic rings. The van der Waals surface area contributed by atoms with Gasteiger partial charge in [0.25, 0.3) is 0 Å². The van der Waals surface area contributed by atoms with Gasteiger partial charge in [-0.1, -0.05) is 12.1 Å². The fraction of sp³-hybridized carbons (Fsp3) is 0.700. The minimum absolute atomic E-state index is 0.108. The van der Waals surface area contributed by atoms with Crippen molar-refractivity contribution in [3.8, 4) is 0 Å². The molecule has 0 amide bonds. The smallest absolute Gasteiger partial charge is 0.362 e. The van der Waals surface area contributed by atoms with Gasteiger partial charge in [0.05, 0.1) is 5.56 Å². The van der Waals surface area contributed by atoms with Crippen LogP contribution in [0.5, 0.6) is 0 Å². The molecule has 1 rings (SSSR count). The van der Waals surface area contributed by atoms with E-state index in [2.05, 4.69) is 0 Å². The monoisotopic (exact) mass is 499 g/mol. The van der Waals surface area contributed by atoms with Crippen LogP contribution in [0.1, 0.15) is 52.7 Å². The SMILES string of the molecule is CCO[Si](OCC)(OCC)N(Cc1ccc(C(F)(F)F)cc1)[Si](OCC)(OCC)OCC. The van der Waals surface area contributed by atoms with Gasteiger partial charge in [-0.25, -0.2) is 4.23 Å². The molecule has 1 aromatic carbocycles. The third-order valence-electron chi connectivity index (χ3n) is 4.24. The van der Waals surface area contributed by atoms with E-state index >= 15 is 0 Å². The van der Waals surface area contributed by atoms with Gasteiger partial charge in [-0.05, 0) is 59.2 Å². The molecule has 0 saturated heterocycles. The largest absolute Gasteiger partial charge is 0.598 e. The molecule has 0 aliphatic carbocycles. The van der Waals surface area contributed by atoms with Gasteiger partial charge in [-0.2, -0.15) is 13.2 Å². The summed E-state index contributed by atoms with van der Waals surface area (Å²) >= 11 is 0. The van der Waals surface area contributed by atoms with Crippen molar-refractivity contribution in [2.75, 3.05) is 39.6 Å². The molecule has 0 aliphatic rings. The van der Waals surface area contributed by atoms with E-state index in [0.29, 0.717) is 45.2 Å². The predicted molar refractivity (Wildman–Crippen MR) is 118 cm³/mol. The quantitative estimate of drug-likeness (QED) is 0.308. The highest BCUT2D eigenvalue weighted by Gasteiger charge is 2.64. The van der Waals surface area contributed by atoms with Crippen LogP contribution in [0.4, 0.5) is 13.2 Å². The van der Waals surface area contributed by atoms with Gasteiger partial charge in [-0.15, -0.1) is 0 Å². The van der Waals surface area contributed by atoms with Crippen molar-refractivity contribution in [3.63, 3.8) is 0 Å². The van der Waals surface area contributed by atoms with Crippen LogP contribution in [-0.4, -0.2) is 61.8 Å². The lowest BCUT2D eigenvalue weighted by atomic mass is 10.1. The van der Waals surface area contributed by atoms with E-state index in [1.54, 1.807) is 4.23 Å². The summed E-state index contributed by atoms with van der Waals surface area (Å²) in [6.45, 7) is 12.8. The fourth-order valence-electron chi connectivity index (χ4n) is 3.15. The summed E-state index contributed by atoms with van der Waals surface area (Å²) in [5.74, 6) is 0. The topological polar surface area (TPSA) is 58.6 Å². The molecule has 32 heavy (non-hydrogen) atoms. The van der Waals surface area contributed by atoms with Crippen LogP contribution in [-0.2, 0) is 39.3 Å². The number of nitrogens with zero attached hydrogens (tertiary/aromatic N) is 1. The Balaban J connectivity index is 3.61. The maximum absolute atomic E-state index is 13.0. The summed E-state index contributed by atoms with van der Waals surface area (Å²) in [4.78, 5) is 0. The molecule has 0 fully saturated rings. The fourth-order valence-corrected chi connectivity index (χ4v) is 10.0. The van der Waals surface area contributed by atoms with E-state index < -0.39 is 29.7 Å². The molecular weight excluding hydrogens is 463 g/mol. The number of rotatable bonds is 16. The minimum atomic E-state index is -4.42. The molecule has 186 valence electrons. The van der Waals surface area contributed by atoms with E-state index in [4.69, 9.17) is 26.6 Å². The first-order valence-electron chi connectivity index (χ1n) is 11.0. The minimum Gasteiger partial charge on any atom is -0.362 e. The molecule has 0 bridgehead atoms. The van der Waals surface area contributed by atoms with Crippen LogP contribution >= 0.6 is 0 Å². The highest BCUT2D eigenvalue weighted by molar-refractivity contribution is 6.75. The van der Waals surface area contributed by atoms with E-state index in [-0.39, 0.29) is 6.54 Å². The number of hydrogen-bond acceptors (Lipinski definition) is 7. The van der Waals surface area contributed by atoms with Crippen molar-refractivity contribution in [3.05, 3.63) is 35.4 Å². The van der Waals surface area contributed by atoms with E-state index in [9.17, 15) is 13.2 Å². The first-order chi connectivity index (χ1) is 15.2. The maximum atomic E-state index is 13.0. The van der Waals surface area contributed by atoms with Gasteiger partial charge >= 0.3 is 24.1 Å². The van der Waals surface area contributed by atoms with Crippen LogP contribution in [0.2, 0.25) is 0 Å². The standard InChI is InChI=1S/C20H36F3NO6Si2/c1-7-25-31(26-8-2,27-9-3)24(32(28-10-4,29-11-5)30-12-6)17-18-13-15-19(16-14-18)20(21,22)23/h13-16H,7-12,17H2,1-6H3. The van der Waals surface area contributed by atoms with Crippen LogP contribution in [0.3, 0.4) is 0 Å². The Hall–Kier alpha value is -0.836. The second-order valence-corrected chi connectivity index (χ2v) is 11.8. The summed E-state index contributed by atoms with van der Waals surface area (Å²) in [6.07, 6.45) is -4.42. The number of benzene rings is 1. The number of hydrogen-bond donors (Lipinski definition) is 0. The van der Waals surface area contributed by atoms with E-state index in [1.165, 1.54) is 12.1 Å². The highest BCUT2D eigenvalue weighted by atomic mass is 28.5. The molecule has 7 nitrogen and oxygen atoms in total. The molecule has 0 aliphatic heterocycles. The van der Waals surface area contributed by atoms with Crippen LogP contribution < -0.4 is 0 Å². The van der Waals surface area contributed by atoms with Gasteiger partial charge in [0.1, 0.15) is 0 Å². The summed E-state index contributed by atoms with van der Waals surface area (Å²) in [5.41, 5.74) is -0.136. The van der Waals surface area contributed by atoms with Gasteiger partial charge in [0.2, 0.25) is 0 Å². The summed E-state index contributed by atoms with van der Waals surface area (Å²) in [6, 6.07) is 4.93. The maximum Gasteiger partial charge on any atom is 0.598 e. The second-order valence-electron chi connectivity index (χ2n) is 6.43. The van der Waals surface area contributed by atoms with E-state index in [0.717, 1.165) is 12.1 Å². The van der Waals surface area contributed by atoms with Gasteiger partial charge in [0.15, 0.2) is 0 Å². The van der Waals surface area contributed by atoms with Gasteiger partial charge in [0, 0.05) is 46.2 Å². The Morgan fingerprint density at radius 2 is 0.938 bits per heavy atom. The van der Waals surface area contributed by atoms with Crippen LogP contribution in [0, 0.1) is 0 Å². The Labute approximate surface area is 191 Å². The molecule has 0 N–H and O–H groups in total. The Morgan fingerprint density at radius 1 is 0.625 bits per heavy atom. The number of alkyl halides is 3. The molecule has 0 spiro atoms. The first-order valence-corrected chi connectivity index (χ1v) is 14.3. The van der Waals surface area contributed by atoms with E-state index in [1.807, 2.05) is 41.5 Å². The van der Waals surface area contributed by atoms with Crippen molar-refractivity contribution in [1.82, 2.24) is 4.23 Å². The van der Waals surface area contributed by atoms with Crippen molar-refractivity contribution in [2.45, 2.75) is 54.3 Å². The van der Waals surface area contributed by atoms with Gasteiger partial charge < -0.3 is 26.6 Å². The average molecular weight is 500 g/mol. The van der Waals surface area contributed by atoms with Crippen molar-refractivity contribution < 1.29 is 39.7 Å². The van der Waals surface area contributed by atoms with Crippen molar-refractivity contribution in [1.29, 1.82) is 0 Å². The summed E-state index contributed by atoms with van der Waals surface area (Å²) in [5, 5.41) is 0. The Morgan fingerprint density at radius 3 is 1.19 bits per heavy atom. The lowest BCUT2D eigenvalue weighted by Crippen LogP contribution is -2.74. The zero-order chi connectivity index (χ0) is 24.3. The Bertz CT molecular complexity index is 591. The highest BCUT2D eigenvalue weighted by Crippen LogP contribution is 2.32. The Kier molecular flexibility index (Phi) is 12.6. The first kappa shape index (κ1) is 29.2. The zero-order valence-corrected chi connectivity index (χ0v) is 21.8. The molecule has 0 aromatic heterocycles. The predicted octanol–water partition coefficient (Wildman–Crippen LogP) is 4.60. The van der Waals surface area contributed by atoms with Crippen molar-refractivity contribution >= 4 is 17.9 Å². The van der Waals surface area contributed by atoms with Crippen LogP contribution in [0.25, 0.3) is 0 Å². The van der Waals surface area contributed by atoms with Crippen molar-refractivity contribution in [2.24, 2.45) is 0 Å². The third kappa shape index (κ3) is 7.60. The summed E-state index contributed by atoms with van der Waals surface area (Å²) in [7, 11) is -7.21. The van der Waals surface area contributed by atoms with Crippen LogP contribution in [0.15, 0.2) is 24.3 Å².